The van der Waals surface area contributed by atoms with Gasteiger partial charge >= 0.3 is 0 Å². The first-order chi connectivity index (χ1) is 16.3. The molecule has 1 unspecified atom stereocenters. The van der Waals surface area contributed by atoms with Crippen molar-refractivity contribution >= 4 is 32.4 Å². The van der Waals surface area contributed by atoms with Crippen LogP contribution >= 0.6 is 11.5 Å². The Bertz CT molecular complexity index is 1280. The number of nitrogens with one attached hydrogen (secondary N) is 1. The van der Waals surface area contributed by atoms with Crippen LogP contribution in [-0.4, -0.2) is 47.3 Å². The Labute approximate surface area is 201 Å². The van der Waals surface area contributed by atoms with Gasteiger partial charge < -0.3 is 14.7 Å². The van der Waals surface area contributed by atoms with Crippen molar-refractivity contribution in [3.05, 3.63) is 59.7 Å². The number of rotatable bonds is 7. The summed E-state index contributed by atoms with van der Waals surface area (Å²) in [6, 6.07) is 9.77. The first-order valence-corrected chi connectivity index (χ1v) is 13.2. The molecule has 2 aliphatic heterocycles. The minimum absolute atomic E-state index is 0.0192. The van der Waals surface area contributed by atoms with Crippen molar-refractivity contribution in [2.45, 2.75) is 43.7 Å². The zero-order valence-corrected chi connectivity index (χ0v) is 20.0. The fourth-order valence-electron chi connectivity index (χ4n) is 4.52. The second-order valence-electron chi connectivity index (χ2n) is 8.31. The van der Waals surface area contributed by atoms with Crippen LogP contribution < -0.4 is 14.4 Å². The summed E-state index contributed by atoms with van der Waals surface area (Å²) in [4.78, 5) is 7.11. The number of benzene rings is 2. The van der Waals surface area contributed by atoms with E-state index < -0.39 is 27.1 Å². The number of ether oxygens (including phenoxy) is 1. The van der Waals surface area contributed by atoms with Gasteiger partial charge in [0.1, 0.15) is 22.8 Å². The highest BCUT2D eigenvalue weighted by atomic mass is 32.2. The van der Waals surface area contributed by atoms with E-state index in [0.717, 1.165) is 54.4 Å². The lowest BCUT2D eigenvalue weighted by Gasteiger charge is -2.30. The molecular weight excluding hydrogens is 481 g/mol. The summed E-state index contributed by atoms with van der Waals surface area (Å²) in [5.74, 6) is -0.883. The van der Waals surface area contributed by atoms with Crippen LogP contribution in [0.25, 0.3) is 0 Å². The van der Waals surface area contributed by atoms with E-state index in [9.17, 15) is 13.5 Å². The average molecular weight is 506 g/mol. The second-order valence-corrected chi connectivity index (χ2v) is 10.7. The van der Waals surface area contributed by atoms with Crippen LogP contribution in [-0.2, 0) is 16.6 Å². The Balaban J connectivity index is 1.46. The zero-order chi connectivity index (χ0) is 23.9. The third-order valence-electron chi connectivity index (χ3n) is 6.15. The molecule has 9 nitrogen and oxygen atoms in total. The van der Waals surface area contributed by atoms with Crippen molar-refractivity contribution in [2.75, 3.05) is 22.7 Å². The van der Waals surface area contributed by atoms with Crippen LogP contribution in [0.2, 0.25) is 0 Å². The molecule has 0 bridgehead atoms. The Kier molecular flexibility index (Phi) is 6.15. The van der Waals surface area contributed by atoms with Crippen molar-refractivity contribution in [3.63, 3.8) is 0 Å². The minimum Gasteiger partial charge on any atom is -0.444 e. The van der Waals surface area contributed by atoms with Crippen LogP contribution in [0.1, 0.15) is 36.9 Å². The van der Waals surface area contributed by atoms with Crippen LogP contribution in [0, 0.1) is 5.82 Å². The molecule has 3 aromatic rings. The van der Waals surface area contributed by atoms with E-state index in [1.54, 1.807) is 4.90 Å². The maximum Gasteiger partial charge on any atom is 0.282 e. The highest BCUT2D eigenvalue weighted by molar-refractivity contribution is 7.93. The Hall–Kier alpha value is -2.80. The highest BCUT2D eigenvalue weighted by Crippen LogP contribution is 2.44. The van der Waals surface area contributed by atoms with Gasteiger partial charge in [-0.2, -0.15) is 4.37 Å². The Morgan fingerprint density at radius 2 is 2.06 bits per heavy atom. The molecule has 0 saturated carbocycles. The molecule has 0 radical (unpaired) electrons. The normalized spacial score (nSPS) is 19.1. The molecule has 2 aliphatic rings. The van der Waals surface area contributed by atoms with Gasteiger partial charge in [-0.25, -0.2) is 17.8 Å². The van der Waals surface area contributed by atoms with Gasteiger partial charge in [-0.1, -0.05) is 24.3 Å². The highest BCUT2D eigenvalue weighted by Gasteiger charge is 2.37. The van der Waals surface area contributed by atoms with E-state index in [-0.39, 0.29) is 22.6 Å². The van der Waals surface area contributed by atoms with Crippen molar-refractivity contribution in [1.82, 2.24) is 14.3 Å². The zero-order valence-electron chi connectivity index (χ0n) is 18.4. The number of aliphatic hydroxyl groups is 1. The van der Waals surface area contributed by atoms with Gasteiger partial charge in [0, 0.05) is 30.2 Å². The number of nitrogens with zero attached hydrogens (tertiary/aromatic N) is 4. The van der Waals surface area contributed by atoms with Gasteiger partial charge in [0.15, 0.2) is 0 Å². The number of likely N-dealkylation sites (tertiary alicyclic amines) is 1. The summed E-state index contributed by atoms with van der Waals surface area (Å²) in [5.41, 5.74) is 2.39. The van der Waals surface area contributed by atoms with Gasteiger partial charge in [0.25, 0.3) is 16.4 Å². The third-order valence-corrected chi connectivity index (χ3v) is 8.21. The van der Waals surface area contributed by atoms with Crippen molar-refractivity contribution in [3.8, 4) is 5.75 Å². The number of fused-ring (bicyclic) bond motifs is 1. The van der Waals surface area contributed by atoms with Gasteiger partial charge in [0.2, 0.25) is 5.13 Å². The Morgan fingerprint density at radius 1 is 1.29 bits per heavy atom. The molecule has 2 atom stereocenters. The number of aromatic nitrogens is 2. The summed E-state index contributed by atoms with van der Waals surface area (Å²) in [6.45, 7) is 4.80. The van der Waals surface area contributed by atoms with Crippen molar-refractivity contribution in [2.24, 2.45) is 0 Å². The number of hydrogen-bond acceptors (Lipinski definition) is 9. The molecule has 1 aromatic heterocycles. The number of hydrogen-bond donors (Lipinski definition) is 2. The molecule has 0 spiro atoms. The molecule has 2 N–H and O–H groups in total. The lowest BCUT2D eigenvalue weighted by molar-refractivity contribution is -0.00777. The maximum absolute atomic E-state index is 15.1. The molecule has 12 heteroatoms. The Morgan fingerprint density at radius 3 is 2.79 bits per heavy atom. The van der Waals surface area contributed by atoms with Crippen LogP contribution in [0.15, 0.2) is 47.6 Å². The largest absolute Gasteiger partial charge is 0.444 e. The number of halogens is 1. The molecule has 180 valence electrons. The monoisotopic (exact) mass is 505 g/mol. The first kappa shape index (κ1) is 23.0. The number of sulfonamides is 1. The fourth-order valence-corrected chi connectivity index (χ4v) is 6.26. The standard InChI is InChI=1S/C22H24FN5O4S2/c1-14(16-7-3-2-6-15(16)12-27-8-4-5-9-27)28-18-10-17(23)20(11-19(18)32-22(28)29)34(30,31)26-21-24-13-25-33-21/h2-3,6-7,10-11,13-14,22,29H,4-5,8-9,12H2,1H3,(H,24,25,26)/t14-,22?/m1/s1. The van der Waals surface area contributed by atoms with E-state index >= 15 is 4.39 Å². The molecular formula is C22H24FN5O4S2. The van der Waals surface area contributed by atoms with Crippen molar-refractivity contribution < 1.29 is 22.7 Å². The molecule has 0 amide bonds. The predicted octanol–water partition coefficient (Wildman–Crippen LogP) is 3.31. The lowest BCUT2D eigenvalue weighted by Crippen LogP contribution is -2.37. The molecule has 0 aliphatic carbocycles. The summed E-state index contributed by atoms with van der Waals surface area (Å²) in [6.07, 6.45) is 2.17. The van der Waals surface area contributed by atoms with Gasteiger partial charge in [-0.3, -0.25) is 9.62 Å². The third kappa shape index (κ3) is 4.33. The van der Waals surface area contributed by atoms with Crippen molar-refractivity contribution in [1.29, 1.82) is 0 Å². The SMILES string of the molecule is C[C@H](c1ccccc1CN1CCCC1)N1c2cc(F)c(S(=O)(=O)Nc3ncns3)cc2OC1O. The van der Waals surface area contributed by atoms with E-state index in [2.05, 4.69) is 25.0 Å². The second kappa shape index (κ2) is 9.10. The maximum atomic E-state index is 15.1. The summed E-state index contributed by atoms with van der Waals surface area (Å²) in [7, 11) is -4.27. The fraction of sp³-hybridized carbons (Fsp3) is 0.364. The first-order valence-electron chi connectivity index (χ1n) is 10.9. The summed E-state index contributed by atoms with van der Waals surface area (Å²) >= 11 is 0.834. The minimum atomic E-state index is -4.27. The molecule has 1 saturated heterocycles. The summed E-state index contributed by atoms with van der Waals surface area (Å²) < 4.78 is 51.9. The molecule has 3 heterocycles. The average Bonchev–Trinajstić information content (AvgIpc) is 3.55. The number of anilines is 2. The van der Waals surface area contributed by atoms with Crippen LogP contribution in [0.4, 0.5) is 15.2 Å². The molecule has 5 rings (SSSR count). The van der Waals surface area contributed by atoms with E-state index in [4.69, 9.17) is 4.74 Å². The summed E-state index contributed by atoms with van der Waals surface area (Å²) in [5, 5.41) is 10.7. The van der Waals surface area contributed by atoms with Gasteiger partial charge in [-0.05, 0) is 44.0 Å². The van der Waals surface area contributed by atoms with E-state index in [1.807, 2.05) is 25.1 Å². The molecule has 34 heavy (non-hydrogen) atoms. The van der Waals surface area contributed by atoms with E-state index in [1.165, 1.54) is 19.2 Å². The van der Waals surface area contributed by atoms with E-state index in [0.29, 0.717) is 0 Å². The van der Waals surface area contributed by atoms with Crippen LogP contribution in [0.3, 0.4) is 0 Å². The number of aliphatic hydroxyl groups excluding tert-OH is 1. The quantitative estimate of drug-likeness (QED) is 0.504. The topological polar surface area (TPSA) is 108 Å². The predicted molar refractivity (Wildman–Crippen MR) is 126 cm³/mol. The molecule has 1 fully saturated rings. The lowest BCUT2D eigenvalue weighted by atomic mass is 9.99. The molecule has 2 aromatic carbocycles. The van der Waals surface area contributed by atoms with Crippen LogP contribution in [0.5, 0.6) is 5.75 Å². The van der Waals surface area contributed by atoms with Gasteiger partial charge in [0.05, 0.1) is 11.7 Å². The van der Waals surface area contributed by atoms with Gasteiger partial charge in [-0.15, -0.1) is 0 Å². The smallest absolute Gasteiger partial charge is 0.282 e.